The van der Waals surface area contributed by atoms with Gasteiger partial charge in [-0.2, -0.15) is 0 Å². The standard InChI is InChI=1S/C15H14BrNO3/c1-10-7-13(8-11(2)15(10)16)20-9-12-5-3-4-6-14(12)17(18)19/h3-8H,9H2,1-2H3. The maximum atomic E-state index is 10.9. The summed E-state index contributed by atoms with van der Waals surface area (Å²) in [7, 11) is 0. The van der Waals surface area contributed by atoms with E-state index in [2.05, 4.69) is 15.9 Å². The van der Waals surface area contributed by atoms with E-state index < -0.39 is 4.92 Å². The molecule has 0 aromatic heterocycles. The topological polar surface area (TPSA) is 52.4 Å². The van der Waals surface area contributed by atoms with Crippen molar-refractivity contribution >= 4 is 21.6 Å². The zero-order chi connectivity index (χ0) is 14.7. The predicted molar refractivity (Wildman–Crippen MR) is 81.0 cm³/mol. The number of nitro benzene ring substituents is 1. The Labute approximate surface area is 125 Å². The summed E-state index contributed by atoms with van der Waals surface area (Å²) in [4.78, 5) is 10.5. The maximum Gasteiger partial charge on any atom is 0.276 e. The number of aryl methyl sites for hydroxylation is 2. The van der Waals surface area contributed by atoms with E-state index in [1.54, 1.807) is 18.2 Å². The van der Waals surface area contributed by atoms with Crippen LogP contribution in [0.3, 0.4) is 0 Å². The van der Waals surface area contributed by atoms with Crippen molar-refractivity contribution in [3.63, 3.8) is 0 Å². The van der Waals surface area contributed by atoms with Crippen molar-refractivity contribution in [2.45, 2.75) is 20.5 Å². The minimum atomic E-state index is -0.392. The predicted octanol–water partition coefficient (Wildman–Crippen LogP) is 4.55. The van der Waals surface area contributed by atoms with Crippen molar-refractivity contribution in [2.75, 3.05) is 0 Å². The van der Waals surface area contributed by atoms with Crippen LogP contribution in [0.15, 0.2) is 40.9 Å². The Kier molecular flexibility index (Phi) is 4.39. The highest BCUT2D eigenvalue weighted by Gasteiger charge is 2.13. The summed E-state index contributed by atoms with van der Waals surface area (Å²) in [5.41, 5.74) is 2.79. The Hall–Kier alpha value is -1.88. The van der Waals surface area contributed by atoms with Crippen molar-refractivity contribution in [3.8, 4) is 5.75 Å². The molecule has 0 aliphatic carbocycles. The third kappa shape index (κ3) is 3.17. The van der Waals surface area contributed by atoms with E-state index >= 15 is 0 Å². The Morgan fingerprint density at radius 3 is 2.40 bits per heavy atom. The van der Waals surface area contributed by atoms with Crippen molar-refractivity contribution < 1.29 is 9.66 Å². The minimum Gasteiger partial charge on any atom is -0.489 e. The number of hydrogen-bond donors (Lipinski definition) is 0. The molecule has 0 aliphatic heterocycles. The van der Waals surface area contributed by atoms with Gasteiger partial charge in [-0.15, -0.1) is 0 Å². The molecule has 0 saturated heterocycles. The fourth-order valence-electron chi connectivity index (χ4n) is 1.96. The summed E-state index contributed by atoms with van der Waals surface area (Å²) in [5.74, 6) is 0.710. The molecule has 0 radical (unpaired) electrons. The summed E-state index contributed by atoms with van der Waals surface area (Å²) in [6.07, 6.45) is 0. The monoisotopic (exact) mass is 335 g/mol. The molecule has 0 heterocycles. The van der Waals surface area contributed by atoms with E-state index in [1.165, 1.54) is 6.07 Å². The summed E-state index contributed by atoms with van der Waals surface area (Å²) >= 11 is 3.50. The summed E-state index contributed by atoms with van der Waals surface area (Å²) in [5, 5.41) is 10.9. The lowest BCUT2D eigenvalue weighted by molar-refractivity contribution is -0.385. The highest BCUT2D eigenvalue weighted by atomic mass is 79.9. The maximum absolute atomic E-state index is 10.9. The van der Waals surface area contributed by atoms with Gasteiger partial charge in [-0.3, -0.25) is 10.1 Å². The van der Waals surface area contributed by atoms with Gasteiger partial charge in [0.1, 0.15) is 12.4 Å². The Morgan fingerprint density at radius 2 is 1.80 bits per heavy atom. The van der Waals surface area contributed by atoms with Crippen LogP contribution in [0.5, 0.6) is 5.75 Å². The van der Waals surface area contributed by atoms with Crippen molar-refractivity contribution in [3.05, 3.63) is 67.7 Å². The van der Waals surface area contributed by atoms with E-state index in [0.29, 0.717) is 11.3 Å². The SMILES string of the molecule is Cc1cc(OCc2ccccc2[N+](=O)[O-])cc(C)c1Br. The van der Waals surface area contributed by atoms with Gasteiger partial charge >= 0.3 is 0 Å². The van der Waals surface area contributed by atoms with Gasteiger partial charge in [0.15, 0.2) is 0 Å². The lowest BCUT2D eigenvalue weighted by Gasteiger charge is -2.10. The molecule has 0 unspecified atom stereocenters. The second-order valence-corrected chi connectivity index (χ2v) is 5.34. The Morgan fingerprint density at radius 1 is 1.20 bits per heavy atom. The van der Waals surface area contributed by atoms with Gasteiger partial charge in [-0.25, -0.2) is 0 Å². The van der Waals surface area contributed by atoms with Crippen LogP contribution in [0, 0.1) is 24.0 Å². The second-order valence-electron chi connectivity index (χ2n) is 4.55. The average Bonchev–Trinajstić information content (AvgIpc) is 2.42. The van der Waals surface area contributed by atoms with Crippen LogP contribution in [0.4, 0.5) is 5.69 Å². The van der Waals surface area contributed by atoms with Crippen LogP contribution in [0.1, 0.15) is 16.7 Å². The first kappa shape index (κ1) is 14.5. The van der Waals surface area contributed by atoms with Gasteiger partial charge in [-0.05, 0) is 43.2 Å². The number of hydrogen-bond acceptors (Lipinski definition) is 3. The average molecular weight is 336 g/mol. The Balaban J connectivity index is 2.19. The largest absolute Gasteiger partial charge is 0.489 e. The number of halogens is 1. The number of ether oxygens (including phenoxy) is 1. The van der Waals surface area contributed by atoms with E-state index in [-0.39, 0.29) is 12.3 Å². The quantitative estimate of drug-likeness (QED) is 0.608. The Bertz CT molecular complexity index is 632. The minimum absolute atomic E-state index is 0.0815. The van der Waals surface area contributed by atoms with Crippen LogP contribution in [-0.2, 0) is 6.61 Å². The summed E-state index contributed by atoms with van der Waals surface area (Å²) in [6.45, 7) is 4.14. The molecule has 104 valence electrons. The van der Waals surface area contributed by atoms with Gasteiger partial charge in [-0.1, -0.05) is 28.1 Å². The second kappa shape index (κ2) is 6.05. The normalized spacial score (nSPS) is 10.3. The van der Waals surface area contributed by atoms with E-state index in [9.17, 15) is 10.1 Å². The first-order chi connectivity index (χ1) is 9.49. The van der Waals surface area contributed by atoms with Gasteiger partial charge in [0.25, 0.3) is 5.69 Å². The fourth-order valence-corrected chi connectivity index (χ4v) is 2.19. The number of para-hydroxylation sites is 1. The number of nitrogens with zero attached hydrogens (tertiary/aromatic N) is 1. The van der Waals surface area contributed by atoms with Crippen LogP contribution in [-0.4, -0.2) is 4.92 Å². The van der Waals surface area contributed by atoms with Crippen LogP contribution >= 0.6 is 15.9 Å². The molecular weight excluding hydrogens is 322 g/mol. The fraction of sp³-hybridized carbons (Fsp3) is 0.200. The molecule has 0 amide bonds. The highest BCUT2D eigenvalue weighted by Crippen LogP contribution is 2.27. The molecule has 0 N–H and O–H groups in total. The zero-order valence-corrected chi connectivity index (χ0v) is 12.8. The van der Waals surface area contributed by atoms with Crippen molar-refractivity contribution in [2.24, 2.45) is 0 Å². The van der Waals surface area contributed by atoms with Gasteiger partial charge in [0, 0.05) is 10.5 Å². The first-order valence-corrected chi connectivity index (χ1v) is 6.90. The smallest absolute Gasteiger partial charge is 0.276 e. The molecule has 2 rings (SSSR count). The van der Waals surface area contributed by atoms with Gasteiger partial charge in [0.2, 0.25) is 0 Å². The summed E-state index contributed by atoms with van der Waals surface area (Å²) < 4.78 is 6.73. The van der Waals surface area contributed by atoms with Crippen LogP contribution in [0.2, 0.25) is 0 Å². The van der Waals surface area contributed by atoms with Crippen molar-refractivity contribution in [1.29, 1.82) is 0 Å². The molecule has 4 nitrogen and oxygen atoms in total. The summed E-state index contributed by atoms with van der Waals surface area (Å²) in [6, 6.07) is 10.4. The molecule has 2 aromatic rings. The van der Waals surface area contributed by atoms with Crippen molar-refractivity contribution in [1.82, 2.24) is 0 Å². The molecular formula is C15H14BrNO3. The number of nitro groups is 1. The lowest BCUT2D eigenvalue weighted by atomic mass is 10.1. The third-order valence-corrected chi connectivity index (χ3v) is 4.24. The van der Waals surface area contributed by atoms with Crippen LogP contribution < -0.4 is 4.74 Å². The molecule has 0 fully saturated rings. The number of rotatable bonds is 4. The lowest BCUT2D eigenvalue weighted by Crippen LogP contribution is -2.01. The van der Waals surface area contributed by atoms with Gasteiger partial charge < -0.3 is 4.74 Å². The highest BCUT2D eigenvalue weighted by molar-refractivity contribution is 9.10. The van der Waals surface area contributed by atoms with E-state index in [4.69, 9.17) is 4.74 Å². The van der Waals surface area contributed by atoms with E-state index in [0.717, 1.165) is 15.6 Å². The first-order valence-electron chi connectivity index (χ1n) is 6.11. The molecule has 0 atom stereocenters. The molecule has 5 heteroatoms. The van der Waals surface area contributed by atoms with Gasteiger partial charge in [0.05, 0.1) is 10.5 Å². The third-order valence-electron chi connectivity index (χ3n) is 2.99. The molecule has 0 bridgehead atoms. The molecule has 0 aliphatic rings. The molecule has 0 saturated carbocycles. The number of benzene rings is 2. The molecule has 0 spiro atoms. The van der Waals surface area contributed by atoms with Crippen LogP contribution in [0.25, 0.3) is 0 Å². The molecule has 20 heavy (non-hydrogen) atoms. The van der Waals surface area contributed by atoms with E-state index in [1.807, 2.05) is 26.0 Å². The zero-order valence-electron chi connectivity index (χ0n) is 11.2. The molecule has 2 aromatic carbocycles.